The maximum absolute atomic E-state index is 8.05. The van der Waals surface area contributed by atoms with Crippen molar-refractivity contribution in [1.29, 1.82) is 0 Å². The lowest BCUT2D eigenvalue weighted by Gasteiger charge is -2.15. The SMILES string of the molecule is [C-]#[N+]c1cc(-c2ccc(-n3c4ccccc4c4cccc(-n5c6ccccc6c6ccccc65)c43)cc2)cc(-n2c3ccccc3c3ccc([N+]#[C-])cc32)c1. The molecule has 3 heterocycles. The lowest BCUT2D eigenvalue weighted by molar-refractivity contribution is 1.13. The zero-order chi connectivity index (χ0) is 36.6. The first kappa shape index (κ1) is 30.7. The third kappa shape index (κ3) is 4.51. The third-order valence-electron chi connectivity index (χ3n) is 11.0. The first-order valence-electron chi connectivity index (χ1n) is 18.3. The van der Waals surface area contributed by atoms with Crippen molar-refractivity contribution >= 4 is 76.8 Å². The van der Waals surface area contributed by atoms with E-state index >= 15 is 0 Å². The van der Waals surface area contributed by atoms with Crippen molar-refractivity contribution in [2.45, 2.75) is 0 Å². The Bertz CT molecular complexity index is 3400. The smallest absolute Gasteiger partial charge is 0.189 e. The molecule has 0 radical (unpaired) electrons. The van der Waals surface area contributed by atoms with Crippen LogP contribution in [0, 0.1) is 13.1 Å². The second-order valence-corrected chi connectivity index (χ2v) is 14.0. The molecule has 0 bridgehead atoms. The van der Waals surface area contributed by atoms with E-state index in [9.17, 15) is 0 Å². The van der Waals surface area contributed by atoms with Gasteiger partial charge in [0.1, 0.15) is 0 Å². The van der Waals surface area contributed by atoms with Crippen LogP contribution in [0.15, 0.2) is 176 Å². The van der Waals surface area contributed by atoms with E-state index in [1.54, 1.807) is 0 Å². The van der Waals surface area contributed by atoms with Gasteiger partial charge < -0.3 is 13.7 Å². The summed E-state index contributed by atoms with van der Waals surface area (Å²) < 4.78 is 6.98. The molecule has 0 unspecified atom stereocenters. The third-order valence-corrected chi connectivity index (χ3v) is 11.0. The molecule has 0 spiro atoms. The van der Waals surface area contributed by atoms with E-state index in [4.69, 9.17) is 13.1 Å². The van der Waals surface area contributed by atoms with Gasteiger partial charge in [-0.25, -0.2) is 9.69 Å². The summed E-state index contributed by atoms with van der Waals surface area (Å²) in [5.74, 6) is 0. The molecule has 0 aliphatic heterocycles. The Morgan fingerprint density at radius 3 is 1.47 bits per heavy atom. The van der Waals surface area contributed by atoms with Gasteiger partial charge in [0.2, 0.25) is 0 Å². The zero-order valence-corrected chi connectivity index (χ0v) is 29.5. The Morgan fingerprint density at radius 1 is 0.327 bits per heavy atom. The quantitative estimate of drug-likeness (QED) is 0.163. The van der Waals surface area contributed by atoms with Gasteiger partial charge in [0.25, 0.3) is 0 Å². The van der Waals surface area contributed by atoms with Gasteiger partial charge >= 0.3 is 0 Å². The summed E-state index contributed by atoms with van der Waals surface area (Å²) in [6.45, 7) is 15.7. The normalized spacial score (nSPS) is 11.6. The van der Waals surface area contributed by atoms with Gasteiger partial charge in [0.15, 0.2) is 11.4 Å². The summed E-state index contributed by atoms with van der Waals surface area (Å²) in [7, 11) is 0. The molecule has 0 aliphatic rings. The van der Waals surface area contributed by atoms with Crippen LogP contribution < -0.4 is 0 Å². The summed E-state index contributed by atoms with van der Waals surface area (Å²) in [6.07, 6.45) is 0. The highest BCUT2D eigenvalue weighted by Gasteiger charge is 2.20. The van der Waals surface area contributed by atoms with Gasteiger partial charge in [-0.15, -0.1) is 0 Å². The van der Waals surface area contributed by atoms with E-state index in [1.807, 2.05) is 42.5 Å². The standard InChI is InChI=1S/C50H29N5/c1-51-34-24-27-42-40-14-3-7-17-44(40)53(49(42)31-34)37-29-33(28-35(30-37)52-2)32-22-25-36(26-23-32)54-45-18-8-6-15-41(45)43-16-11-21-48(50(43)54)55-46-19-9-4-12-38(46)39-13-5-10-20-47(39)55/h3-31H. The van der Waals surface area contributed by atoms with Crippen LogP contribution in [0.3, 0.4) is 0 Å². The van der Waals surface area contributed by atoms with E-state index < -0.39 is 0 Å². The van der Waals surface area contributed by atoms with Gasteiger partial charge in [0, 0.05) is 49.2 Å². The summed E-state index contributed by atoms with van der Waals surface area (Å²) in [5, 5.41) is 7.05. The number of rotatable bonds is 4. The second kappa shape index (κ2) is 11.8. The van der Waals surface area contributed by atoms with Crippen LogP contribution in [-0.2, 0) is 0 Å². The highest BCUT2D eigenvalue weighted by molar-refractivity contribution is 6.15. The maximum Gasteiger partial charge on any atom is 0.189 e. The van der Waals surface area contributed by atoms with Crippen LogP contribution in [0.1, 0.15) is 0 Å². The molecule has 3 aromatic heterocycles. The topological polar surface area (TPSA) is 23.5 Å². The van der Waals surface area contributed by atoms with Crippen molar-refractivity contribution in [2.24, 2.45) is 0 Å². The highest BCUT2D eigenvalue weighted by atomic mass is 15.1. The molecule has 0 aliphatic carbocycles. The van der Waals surface area contributed by atoms with Gasteiger partial charge in [-0.2, -0.15) is 0 Å². The van der Waals surface area contributed by atoms with Crippen LogP contribution in [0.5, 0.6) is 0 Å². The number of hydrogen-bond acceptors (Lipinski definition) is 0. The fourth-order valence-electron chi connectivity index (χ4n) is 8.70. The number of benzene rings is 8. The summed E-state index contributed by atoms with van der Waals surface area (Å²) in [4.78, 5) is 7.63. The molecule has 11 aromatic rings. The minimum atomic E-state index is 0.557. The maximum atomic E-state index is 8.05. The molecule has 55 heavy (non-hydrogen) atoms. The number of para-hydroxylation sites is 5. The Labute approximate surface area is 316 Å². The fourth-order valence-corrected chi connectivity index (χ4v) is 8.70. The summed E-state index contributed by atoms with van der Waals surface area (Å²) in [6, 6.07) is 61.5. The number of aromatic nitrogens is 3. The van der Waals surface area contributed by atoms with Crippen LogP contribution >= 0.6 is 0 Å². The minimum Gasteiger partial charge on any atom is -0.312 e. The second-order valence-electron chi connectivity index (χ2n) is 14.0. The van der Waals surface area contributed by atoms with Crippen molar-refractivity contribution in [3.05, 3.63) is 199 Å². The predicted molar refractivity (Wildman–Crippen MR) is 227 cm³/mol. The molecule has 0 amide bonds. The molecule has 254 valence electrons. The van der Waals surface area contributed by atoms with E-state index in [2.05, 4.69) is 157 Å². The number of hydrogen-bond donors (Lipinski definition) is 0. The summed E-state index contributed by atoms with van der Waals surface area (Å²) >= 11 is 0. The predicted octanol–water partition coefficient (Wildman–Crippen LogP) is 13.7. The molecular weight excluding hydrogens is 671 g/mol. The number of fused-ring (bicyclic) bond motifs is 9. The first-order valence-corrected chi connectivity index (χ1v) is 18.3. The van der Waals surface area contributed by atoms with Crippen LogP contribution in [0.25, 0.3) is 103 Å². The lowest BCUT2D eigenvalue weighted by atomic mass is 10.0. The Hall–Kier alpha value is -7.86. The van der Waals surface area contributed by atoms with E-state index in [0.29, 0.717) is 11.4 Å². The van der Waals surface area contributed by atoms with Gasteiger partial charge in [-0.3, -0.25) is 0 Å². The van der Waals surface area contributed by atoms with Crippen molar-refractivity contribution < 1.29 is 0 Å². The molecule has 0 N–H and O–H groups in total. The van der Waals surface area contributed by atoms with Crippen molar-refractivity contribution in [2.75, 3.05) is 0 Å². The van der Waals surface area contributed by atoms with Crippen molar-refractivity contribution in [3.8, 4) is 28.2 Å². The molecule has 0 fully saturated rings. The minimum absolute atomic E-state index is 0.557. The van der Waals surface area contributed by atoms with Crippen LogP contribution in [0.2, 0.25) is 0 Å². The number of nitrogens with zero attached hydrogens (tertiary/aromatic N) is 5. The van der Waals surface area contributed by atoms with Crippen LogP contribution in [-0.4, -0.2) is 13.7 Å². The Morgan fingerprint density at radius 2 is 0.855 bits per heavy atom. The lowest BCUT2D eigenvalue weighted by Crippen LogP contribution is -2.00. The Balaban J connectivity index is 1.11. The largest absolute Gasteiger partial charge is 0.312 e. The fraction of sp³-hybridized carbons (Fsp3) is 0. The van der Waals surface area contributed by atoms with E-state index in [-0.39, 0.29) is 0 Å². The molecule has 0 atom stereocenters. The molecule has 0 saturated carbocycles. The average molecular weight is 700 g/mol. The van der Waals surface area contributed by atoms with Gasteiger partial charge in [-0.1, -0.05) is 109 Å². The first-order chi connectivity index (χ1) is 27.2. The molecule has 5 nitrogen and oxygen atoms in total. The van der Waals surface area contributed by atoms with Crippen molar-refractivity contribution in [1.82, 2.24) is 13.7 Å². The summed E-state index contributed by atoms with van der Waals surface area (Å²) in [5.41, 5.74) is 12.8. The zero-order valence-electron chi connectivity index (χ0n) is 29.5. The molecule has 0 saturated heterocycles. The molecule has 11 rings (SSSR count). The molecule has 5 heteroatoms. The monoisotopic (exact) mass is 699 g/mol. The van der Waals surface area contributed by atoms with Crippen molar-refractivity contribution in [3.63, 3.8) is 0 Å². The highest BCUT2D eigenvalue weighted by Crippen LogP contribution is 2.41. The van der Waals surface area contributed by atoms with Crippen LogP contribution in [0.4, 0.5) is 11.4 Å². The van der Waals surface area contributed by atoms with Gasteiger partial charge in [0.05, 0.1) is 46.4 Å². The van der Waals surface area contributed by atoms with E-state index in [1.165, 1.54) is 32.6 Å². The molecular formula is C50H29N5. The molecule has 8 aromatic carbocycles. The average Bonchev–Trinajstić information content (AvgIpc) is 3.89. The van der Waals surface area contributed by atoms with E-state index in [0.717, 1.165) is 61.0 Å². The Kier molecular flexibility index (Phi) is 6.61. The van der Waals surface area contributed by atoms with Gasteiger partial charge in [-0.05, 0) is 77.9 Å².